The number of nitrogens with one attached hydrogen (secondary N) is 1. The highest BCUT2D eigenvalue weighted by Gasteiger charge is 2.26. The second-order valence-corrected chi connectivity index (χ2v) is 7.59. The molecule has 0 saturated heterocycles. The minimum atomic E-state index is -3.29. The van der Waals surface area contributed by atoms with Crippen LogP contribution in [-0.2, 0) is 9.84 Å². The summed E-state index contributed by atoms with van der Waals surface area (Å²) in [7, 11) is -1.91. The first kappa shape index (κ1) is 17.6. The first-order valence-electron chi connectivity index (χ1n) is 7.70. The van der Waals surface area contributed by atoms with E-state index in [0.717, 1.165) is 11.0 Å². The smallest absolute Gasteiger partial charge is 0.257 e. The maximum absolute atomic E-state index is 12.5. The third-order valence-corrected chi connectivity index (χ3v) is 5.24. The fraction of sp³-hybridized carbons (Fsp3) is 0.167. The average molecular weight is 369 g/mol. The number of amides is 1. The van der Waals surface area contributed by atoms with Crippen LogP contribution in [0.3, 0.4) is 0 Å². The van der Waals surface area contributed by atoms with Gasteiger partial charge in [0.1, 0.15) is 11.6 Å². The Bertz CT molecular complexity index is 1020. The lowest BCUT2D eigenvalue weighted by Gasteiger charge is -2.14. The SMILES string of the molecule is COc1nc(-c2ccccc2)c(C#N)cc1C(=O)N[C@@H]1C=CS(=O)(=O)C1. The molecule has 1 aromatic heterocycles. The maximum atomic E-state index is 12.5. The van der Waals surface area contributed by atoms with Gasteiger partial charge in [0.05, 0.1) is 30.2 Å². The number of ether oxygens (including phenoxy) is 1. The molecule has 0 aliphatic carbocycles. The molecule has 1 aliphatic heterocycles. The third kappa shape index (κ3) is 3.58. The van der Waals surface area contributed by atoms with E-state index in [9.17, 15) is 18.5 Å². The molecule has 0 unspecified atom stereocenters. The second-order valence-electron chi connectivity index (χ2n) is 5.66. The molecular weight excluding hydrogens is 354 g/mol. The Kier molecular flexibility index (Phi) is 4.73. The maximum Gasteiger partial charge on any atom is 0.257 e. The van der Waals surface area contributed by atoms with E-state index >= 15 is 0 Å². The number of carbonyl (C=O) groups excluding carboxylic acids is 1. The molecule has 0 spiro atoms. The van der Waals surface area contributed by atoms with Gasteiger partial charge in [0, 0.05) is 11.0 Å². The normalized spacial score (nSPS) is 17.5. The summed E-state index contributed by atoms with van der Waals surface area (Å²) in [4.78, 5) is 16.9. The first-order valence-corrected chi connectivity index (χ1v) is 9.41. The van der Waals surface area contributed by atoms with Crippen molar-refractivity contribution in [2.45, 2.75) is 6.04 Å². The van der Waals surface area contributed by atoms with Gasteiger partial charge in [0.15, 0.2) is 9.84 Å². The summed E-state index contributed by atoms with van der Waals surface area (Å²) in [5.41, 5.74) is 1.42. The Hall–Kier alpha value is -3.18. The minimum Gasteiger partial charge on any atom is -0.480 e. The fourth-order valence-corrected chi connectivity index (χ4v) is 3.86. The third-order valence-electron chi connectivity index (χ3n) is 3.84. The van der Waals surface area contributed by atoms with Crippen LogP contribution in [0.2, 0.25) is 0 Å². The monoisotopic (exact) mass is 369 g/mol. The first-order chi connectivity index (χ1) is 12.4. The molecule has 132 valence electrons. The summed E-state index contributed by atoms with van der Waals surface area (Å²) in [6, 6.07) is 11.9. The van der Waals surface area contributed by atoms with Crippen molar-refractivity contribution in [2.24, 2.45) is 0 Å². The van der Waals surface area contributed by atoms with Crippen LogP contribution in [0.4, 0.5) is 0 Å². The van der Waals surface area contributed by atoms with E-state index in [0.29, 0.717) is 5.69 Å². The van der Waals surface area contributed by atoms with Gasteiger partial charge in [-0.1, -0.05) is 30.3 Å². The quantitative estimate of drug-likeness (QED) is 0.878. The molecule has 0 saturated carbocycles. The molecule has 8 heteroatoms. The van der Waals surface area contributed by atoms with E-state index in [4.69, 9.17) is 4.74 Å². The molecule has 0 radical (unpaired) electrons. The van der Waals surface area contributed by atoms with Crippen molar-refractivity contribution in [3.05, 3.63) is 59.0 Å². The lowest BCUT2D eigenvalue weighted by Crippen LogP contribution is -2.35. The summed E-state index contributed by atoms with van der Waals surface area (Å²) >= 11 is 0. The number of sulfone groups is 1. The average Bonchev–Trinajstić information content (AvgIpc) is 2.99. The van der Waals surface area contributed by atoms with Crippen LogP contribution < -0.4 is 10.1 Å². The molecule has 1 atom stereocenters. The van der Waals surface area contributed by atoms with Gasteiger partial charge in [-0.15, -0.1) is 0 Å². The number of methoxy groups -OCH3 is 1. The molecule has 0 fully saturated rings. The van der Waals surface area contributed by atoms with Crippen LogP contribution in [0.1, 0.15) is 15.9 Å². The van der Waals surface area contributed by atoms with Gasteiger partial charge >= 0.3 is 0 Å². The molecule has 1 aliphatic rings. The van der Waals surface area contributed by atoms with E-state index in [1.54, 1.807) is 12.1 Å². The number of nitrogens with zero attached hydrogens (tertiary/aromatic N) is 2. The molecular formula is C18H15N3O4S. The van der Waals surface area contributed by atoms with Crippen molar-refractivity contribution in [1.29, 1.82) is 5.26 Å². The second kappa shape index (κ2) is 6.98. The summed E-state index contributed by atoms with van der Waals surface area (Å²) in [5.74, 6) is -0.691. The number of nitriles is 1. The van der Waals surface area contributed by atoms with Crippen molar-refractivity contribution >= 4 is 15.7 Å². The van der Waals surface area contributed by atoms with E-state index < -0.39 is 21.8 Å². The molecule has 7 nitrogen and oxygen atoms in total. The number of pyridine rings is 1. The zero-order chi connectivity index (χ0) is 18.7. The number of benzene rings is 1. The van der Waals surface area contributed by atoms with Crippen LogP contribution in [0.15, 0.2) is 47.9 Å². The van der Waals surface area contributed by atoms with Crippen LogP contribution >= 0.6 is 0 Å². The molecule has 0 bridgehead atoms. The number of hydrogen-bond donors (Lipinski definition) is 1. The van der Waals surface area contributed by atoms with E-state index in [-0.39, 0.29) is 22.8 Å². The molecule has 26 heavy (non-hydrogen) atoms. The minimum absolute atomic E-state index is 0.0604. The molecule has 1 N–H and O–H groups in total. The Balaban J connectivity index is 1.96. The van der Waals surface area contributed by atoms with Gasteiger partial charge < -0.3 is 10.1 Å². The lowest BCUT2D eigenvalue weighted by atomic mass is 10.0. The fourth-order valence-electron chi connectivity index (χ4n) is 2.63. The van der Waals surface area contributed by atoms with Crippen molar-refractivity contribution < 1.29 is 17.9 Å². The van der Waals surface area contributed by atoms with Gasteiger partial charge in [0.25, 0.3) is 5.91 Å². The van der Waals surface area contributed by atoms with Crippen LogP contribution in [0.5, 0.6) is 5.88 Å². The van der Waals surface area contributed by atoms with E-state index in [1.807, 2.05) is 24.3 Å². The summed E-state index contributed by atoms with van der Waals surface area (Å²) in [5, 5.41) is 13.1. The molecule has 2 heterocycles. The van der Waals surface area contributed by atoms with Crippen molar-refractivity contribution in [2.75, 3.05) is 12.9 Å². The Morgan fingerprint density at radius 1 is 1.35 bits per heavy atom. The topological polar surface area (TPSA) is 109 Å². The number of aromatic nitrogens is 1. The van der Waals surface area contributed by atoms with Gasteiger partial charge in [-0.3, -0.25) is 4.79 Å². The summed E-state index contributed by atoms with van der Waals surface area (Å²) in [6.07, 6.45) is 1.41. The van der Waals surface area contributed by atoms with E-state index in [2.05, 4.69) is 10.3 Å². The zero-order valence-electron chi connectivity index (χ0n) is 13.8. The highest BCUT2D eigenvalue weighted by Crippen LogP contribution is 2.27. The number of hydrogen-bond acceptors (Lipinski definition) is 6. The van der Waals surface area contributed by atoms with Gasteiger partial charge in [-0.2, -0.15) is 5.26 Å². The van der Waals surface area contributed by atoms with Crippen LogP contribution in [0.25, 0.3) is 11.3 Å². The van der Waals surface area contributed by atoms with E-state index in [1.165, 1.54) is 19.3 Å². The predicted molar refractivity (Wildman–Crippen MR) is 95.1 cm³/mol. The highest BCUT2D eigenvalue weighted by atomic mass is 32.2. The van der Waals surface area contributed by atoms with Crippen molar-refractivity contribution in [3.63, 3.8) is 0 Å². The van der Waals surface area contributed by atoms with Gasteiger partial charge in [0.2, 0.25) is 5.88 Å². The number of carbonyl (C=O) groups is 1. The van der Waals surface area contributed by atoms with Crippen LogP contribution in [-0.4, -0.2) is 38.2 Å². The number of rotatable bonds is 4. The largest absolute Gasteiger partial charge is 0.480 e. The standard InChI is InChI=1S/C18H15N3O4S/c1-25-18-15(17(22)20-14-7-8-26(23,24)11-14)9-13(10-19)16(21-18)12-5-3-2-4-6-12/h2-9,14H,11H2,1H3,(H,20,22)/t14-/m1/s1. The highest BCUT2D eigenvalue weighted by molar-refractivity contribution is 7.94. The van der Waals surface area contributed by atoms with Crippen molar-refractivity contribution in [3.8, 4) is 23.2 Å². The van der Waals surface area contributed by atoms with Gasteiger partial charge in [-0.05, 0) is 12.1 Å². The molecule has 3 rings (SSSR count). The molecule has 2 aromatic rings. The summed E-state index contributed by atoms with van der Waals surface area (Å²) in [6.45, 7) is 0. The molecule has 1 amide bonds. The Morgan fingerprint density at radius 2 is 2.08 bits per heavy atom. The van der Waals surface area contributed by atoms with Crippen LogP contribution in [0, 0.1) is 11.3 Å². The summed E-state index contributed by atoms with van der Waals surface area (Å²) < 4.78 is 28.1. The predicted octanol–water partition coefficient (Wildman–Crippen LogP) is 1.67. The Labute approximate surface area is 150 Å². The lowest BCUT2D eigenvalue weighted by molar-refractivity contribution is 0.0944. The molecule has 1 aromatic carbocycles. The zero-order valence-corrected chi connectivity index (χ0v) is 14.7. The van der Waals surface area contributed by atoms with Crippen molar-refractivity contribution in [1.82, 2.24) is 10.3 Å². The Morgan fingerprint density at radius 3 is 2.65 bits per heavy atom. The van der Waals surface area contributed by atoms with Gasteiger partial charge in [-0.25, -0.2) is 13.4 Å².